The van der Waals surface area contributed by atoms with Crippen molar-refractivity contribution in [1.29, 1.82) is 0 Å². The van der Waals surface area contributed by atoms with E-state index in [1.165, 1.54) is 22.3 Å². The lowest BCUT2D eigenvalue weighted by Crippen LogP contribution is -2.25. The Labute approximate surface area is 85.1 Å². The fourth-order valence-corrected chi connectivity index (χ4v) is 1.59. The zero-order chi connectivity index (χ0) is 10.7. The summed E-state index contributed by atoms with van der Waals surface area (Å²) in [7, 11) is 0. The van der Waals surface area contributed by atoms with Crippen molar-refractivity contribution in [3.63, 3.8) is 0 Å². The van der Waals surface area contributed by atoms with Gasteiger partial charge in [0.25, 0.3) is 0 Å². The minimum atomic E-state index is -0.505. The van der Waals surface area contributed by atoms with E-state index in [0.717, 1.165) is 0 Å². The Morgan fingerprint density at radius 3 is 2.43 bits per heavy atom. The van der Waals surface area contributed by atoms with Gasteiger partial charge in [0.15, 0.2) is 0 Å². The minimum absolute atomic E-state index is 0.505. The molecule has 1 aromatic rings. The molecule has 0 heterocycles. The summed E-state index contributed by atoms with van der Waals surface area (Å²) in [6, 6.07) is 3.65. The first-order chi connectivity index (χ1) is 6.56. The molecule has 1 atom stereocenters. The van der Waals surface area contributed by atoms with Crippen LogP contribution in [0.5, 0.6) is 0 Å². The number of carbonyl (C=O) groups excluding carboxylic acids is 1. The molecular weight excluding hydrogens is 174 g/mol. The van der Waals surface area contributed by atoms with Gasteiger partial charge >= 0.3 is 0 Å². The van der Waals surface area contributed by atoms with Crippen LogP contribution in [0, 0.1) is 20.8 Å². The van der Waals surface area contributed by atoms with Crippen LogP contribution in [-0.2, 0) is 11.2 Å². The van der Waals surface area contributed by atoms with Crippen LogP contribution in [0.15, 0.2) is 12.1 Å². The lowest BCUT2D eigenvalue weighted by molar-refractivity contribution is 0.540. The Bertz CT molecular complexity index is 344. The predicted octanol–water partition coefficient (Wildman–Crippen LogP) is 1.59. The van der Waals surface area contributed by atoms with Gasteiger partial charge in [-0.05, 0) is 49.4 Å². The van der Waals surface area contributed by atoms with Crippen LogP contribution < -0.4 is 5.73 Å². The second kappa shape index (κ2) is 4.38. The molecule has 0 fully saturated rings. The molecule has 0 bridgehead atoms. The Balaban J connectivity index is 3.06. The van der Waals surface area contributed by atoms with E-state index in [2.05, 4.69) is 26.0 Å². The summed E-state index contributed by atoms with van der Waals surface area (Å²) in [5, 5.41) is 0. The Morgan fingerprint density at radius 1 is 1.29 bits per heavy atom. The molecule has 75 valence electrons. The van der Waals surface area contributed by atoms with Crippen molar-refractivity contribution in [2.24, 2.45) is 5.73 Å². The summed E-state index contributed by atoms with van der Waals surface area (Å²) < 4.78 is 0. The monoisotopic (exact) mass is 190 g/mol. The summed E-state index contributed by atoms with van der Waals surface area (Å²) in [6.07, 6.45) is 2.40. The van der Waals surface area contributed by atoms with Crippen LogP contribution >= 0.6 is 0 Å². The van der Waals surface area contributed by atoms with Gasteiger partial charge in [-0.15, -0.1) is 0 Å². The molecule has 1 radical (unpaired) electrons. The highest BCUT2D eigenvalue weighted by Gasteiger charge is 2.09. The van der Waals surface area contributed by atoms with E-state index in [4.69, 9.17) is 5.73 Å². The molecule has 14 heavy (non-hydrogen) atoms. The highest BCUT2D eigenvalue weighted by atomic mass is 16.1. The molecule has 1 rings (SSSR count). The molecule has 2 N–H and O–H groups in total. The highest BCUT2D eigenvalue weighted by Crippen LogP contribution is 2.18. The zero-order valence-electron chi connectivity index (χ0n) is 8.92. The van der Waals surface area contributed by atoms with Gasteiger partial charge in [0, 0.05) is 0 Å². The van der Waals surface area contributed by atoms with Crippen molar-refractivity contribution in [2.75, 3.05) is 0 Å². The zero-order valence-corrected chi connectivity index (χ0v) is 8.92. The van der Waals surface area contributed by atoms with Crippen molar-refractivity contribution in [1.82, 2.24) is 0 Å². The van der Waals surface area contributed by atoms with Crippen LogP contribution in [0.25, 0.3) is 0 Å². The van der Waals surface area contributed by atoms with Crippen LogP contribution in [0.1, 0.15) is 22.3 Å². The quantitative estimate of drug-likeness (QED) is 0.786. The molecular formula is C12H16NO. The van der Waals surface area contributed by atoms with Gasteiger partial charge in [-0.3, -0.25) is 4.79 Å². The van der Waals surface area contributed by atoms with Crippen molar-refractivity contribution >= 4 is 6.29 Å². The summed E-state index contributed by atoms with van der Waals surface area (Å²) in [5.41, 5.74) is 10.4. The Kier molecular flexibility index (Phi) is 3.42. The number of rotatable bonds is 3. The van der Waals surface area contributed by atoms with Crippen molar-refractivity contribution < 1.29 is 4.79 Å². The molecule has 0 aromatic heterocycles. The maximum absolute atomic E-state index is 10.4. The number of nitrogens with two attached hydrogens (primary N) is 1. The largest absolute Gasteiger partial charge is 0.321 e. The topological polar surface area (TPSA) is 43.1 Å². The molecule has 0 spiro atoms. The summed E-state index contributed by atoms with van der Waals surface area (Å²) >= 11 is 0. The molecule has 0 saturated carbocycles. The van der Waals surface area contributed by atoms with Crippen molar-refractivity contribution in [2.45, 2.75) is 33.2 Å². The SMILES string of the molecule is Cc1ccc(C)c(C[C@@H](N)[C]=O)c1C. The second-order valence-electron chi connectivity index (χ2n) is 3.73. The van der Waals surface area contributed by atoms with E-state index in [1.54, 1.807) is 0 Å². The lowest BCUT2D eigenvalue weighted by atomic mass is 9.94. The normalized spacial score (nSPS) is 12.6. The smallest absolute Gasteiger partial charge is 0.217 e. The van der Waals surface area contributed by atoms with E-state index < -0.39 is 6.04 Å². The van der Waals surface area contributed by atoms with Gasteiger partial charge in [0.2, 0.25) is 6.29 Å². The molecule has 0 unspecified atom stereocenters. The molecule has 0 aliphatic rings. The number of aryl methyl sites for hydroxylation is 2. The van der Waals surface area contributed by atoms with Gasteiger partial charge in [0.1, 0.15) is 0 Å². The number of hydrogen-bond acceptors (Lipinski definition) is 2. The maximum Gasteiger partial charge on any atom is 0.217 e. The van der Waals surface area contributed by atoms with Crippen LogP contribution in [0.4, 0.5) is 0 Å². The molecule has 0 aliphatic heterocycles. The Morgan fingerprint density at radius 2 is 1.86 bits per heavy atom. The molecule has 0 amide bonds. The number of benzene rings is 1. The fraction of sp³-hybridized carbons (Fsp3) is 0.417. The van der Waals surface area contributed by atoms with E-state index in [1.807, 2.05) is 13.2 Å². The lowest BCUT2D eigenvalue weighted by Gasteiger charge is -2.13. The van der Waals surface area contributed by atoms with Crippen molar-refractivity contribution in [3.05, 3.63) is 34.4 Å². The van der Waals surface area contributed by atoms with Gasteiger partial charge in [-0.2, -0.15) is 0 Å². The average molecular weight is 190 g/mol. The average Bonchev–Trinajstić information content (AvgIpc) is 2.18. The van der Waals surface area contributed by atoms with Crippen LogP contribution in [-0.4, -0.2) is 12.3 Å². The first kappa shape index (κ1) is 10.9. The van der Waals surface area contributed by atoms with E-state index >= 15 is 0 Å². The first-order valence-electron chi connectivity index (χ1n) is 4.75. The van der Waals surface area contributed by atoms with Gasteiger partial charge in [-0.1, -0.05) is 12.1 Å². The van der Waals surface area contributed by atoms with Crippen LogP contribution in [0.3, 0.4) is 0 Å². The second-order valence-corrected chi connectivity index (χ2v) is 3.73. The van der Waals surface area contributed by atoms with Gasteiger partial charge in [0.05, 0.1) is 6.04 Å². The standard InChI is InChI=1S/C12H16NO/c1-8-4-5-9(2)12(10(8)3)6-11(13)7-14/h4-5,11H,6,13H2,1-3H3/t11-/m1/s1. The molecule has 2 nitrogen and oxygen atoms in total. The summed E-state index contributed by atoms with van der Waals surface area (Å²) in [6.45, 7) is 6.17. The fourth-order valence-electron chi connectivity index (χ4n) is 1.59. The minimum Gasteiger partial charge on any atom is -0.321 e. The van der Waals surface area contributed by atoms with E-state index in [9.17, 15) is 4.79 Å². The first-order valence-corrected chi connectivity index (χ1v) is 4.75. The Hall–Kier alpha value is -1.15. The van der Waals surface area contributed by atoms with E-state index in [-0.39, 0.29) is 0 Å². The van der Waals surface area contributed by atoms with Crippen molar-refractivity contribution in [3.8, 4) is 0 Å². The third kappa shape index (κ3) is 2.20. The number of hydrogen-bond donors (Lipinski definition) is 1. The van der Waals surface area contributed by atoms with Crippen LogP contribution in [0.2, 0.25) is 0 Å². The predicted molar refractivity (Wildman–Crippen MR) is 58.0 cm³/mol. The molecule has 0 aliphatic carbocycles. The third-order valence-corrected chi connectivity index (χ3v) is 2.68. The van der Waals surface area contributed by atoms with Gasteiger partial charge < -0.3 is 5.73 Å². The molecule has 2 heteroatoms. The summed E-state index contributed by atoms with van der Waals surface area (Å²) in [5.74, 6) is 0. The van der Waals surface area contributed by atoms with Gasteiger partial charge in [-0.25, -0.2) is 0 Å². The van der Waals surface area contributed by atoms with E-state index in [0.29, 0.717) is 6.42 Å². The third-order valence-electron chi connectivity index (χ3n) is 2.68. The maximum atomic E-state index is 10.4. The summed E-state index contributed by atoms with van der Waals surface area (Å²) in [4.78, 5) is 10.4. The molecule has 0 saturated heterocycles. The molecule has 1 aromatic carbocycles. The highest BCUT2D eigenvalue weighted by molar-refractivity contribution is 5.59.